The van der Waals surface area contributed by atoms with Crippen LogP contribution in [0.4, 0.5) is 24.8 Å². The minimum atomic E-state index is -4.47. The molecule has 3 N–H and O–H groups in total. The van der Waals surface area contributed by atoms with E-state index >= 15 is 0 Å². The number of rotatable bonds is 8. The predicted octanol–water partition coefficient (Wildman–Crippen LogP) is 3.18. The predicted molar refractivity (Wildman–Crippen MR) is 120 cm³/mol. The molecule has 3 rings (SSSR count). The summed E-state index contributed by atoms with van der Waals surface area (Å²) in [6.07, 6.45) is -1.14. The van der Waals surface area contributed by atoms with Crippen LogP contribution in [0.25, 0.3) is 0 Å². The summed E-state index contributed by atoms with van der Waals surface area (Å²) >= 11 is 5.20. The zero-order chi connectivity index (χ0) is 24.1. The first-order chi connectivity index (χ1) is 15.5. The van der Waals surface area contributed by atoms with Crippen molar-refractivity contribution in [3.8, 4) is 0 Å². The highest BCUT2D eigenvalue weighted by molar-refractivity contribution is 7.92. The first kappa shape index (κ1) is 24.4. The summed E-state index contributed by atoms with van der Waals surface area (Å²) in [5.74, 6) is -0.0370. The van der Waals surface area contributed by atoms with Crippen LogP contribution in [0, 0.1) is 6.92 Å². The highest BCUT2D eigenvalue weighted by atomic mass is 32.2. The fourth-order valence-corrected chi connectivity index (χ4v) is 3.91. The van der Waals surface area contributed by atoms with Crippen LogP contribution in [0.2, 0.25) is 0 Å². The standard InChI is InChI=1S/C19H20F3N7O2S2/c1-13-12-16(19(20,21)22)27-29(13)11-3-10-25-18(32)26-14-4-6-15(7-5-14)33(30,31)28-17-23-8-2-9-24-17/h2,4-9,12H,3,10-11H2,1H3,(H,23,24,28)(H2,25,26,32). The number of alkyl halides is 3. The molecule has 0 spiro atoms. The largest absolute Gasteiger partial charge is 0.435 e. The Balaban J connectivity index is 1.47. The average Bonchev–Trinajstić information content (AvgIpc) is 3.13. The van der Waals surface area contributed by atoms with E-state index in [1.165, 1.54) is 29.2 Å². The minimum Gasteiger partial charge on any atom is -0.362 e. The molecule has 0 fully saturated rings. The molecule has 0 unspecified atom stereocenters. The molecule has 33 heavy (non-hydrogen) atoms. The van der Waals surface area contributed by atoms with Gasteiger partial charge in [0, 0.05) is 36.9 Å². The number of anilines is 2. The molecule has 9 nitrogen and oxygen atoms in total. The third-order valence-electron chi connectivity index (χ3n) is 4.32. The maximum Gasteiger partial charge on any atom is 0.435 e. The summed E-state index contributed by atoms with van der Waals surface area (Å²) in [6.45, 7) is 2.26. The van der Waals surface area contributed by atoms with E-state index in [0.29, 0.717) is 30.9 Å². The molecular weight excluding hydrogens is 479 g/mol. The minimum absolute atomic E-state index is 0.0206. The molecule has 3 aromatic rings. The third kappa shape index (κ3) is 6.86. The van der Waals surface area contributed by atoms with Gasteiger partial charge in [-0.2, -0.15) is 18.3 Å². The van der Waals surface area contributed by atoms with Crippen LogP contribution in [0.1, 0.15) is 17.8 Å². The second-order valence-corrected chi connectivity index (χ2v) is 8.92. The molecule has 176 valence electrons. The first-order valence-corrected chi connectivity index (χ1v) is 11.5. The Labute approximate surface area is 193 Å². The molecule has 0 aliphatic carbocycles. The van der Waals surface area contributed by atoms with Gasteiger partial charge >= 0.3 is 6.18 Å². The van der Waals surface area contributed by atoms with E-state index in [1.807, 2.05) is 0 Å². The van der Waals surface area contributed by atoms with Gasteiger partial charge in [-0.25, -0.2) is 23.1 Å². The summed E-state index contributed by atoms with van der Waals surface area (Å²) in [4.78, 5) is 7.67. The number of nitrogens with zero attached hydrogens (tertiary/aromatic N) is 4. The van der Waals surface area contributed by atoms with Crippen molar-refractivity contribution >= 4 is 39.0 Å². The van der Waals surface area contributed by atoms with Crippen molar-refractivity contribution in [2.45, 2.75) is 31.0 Å². The number of hydrogen-bond acceptors (Lipinski definition) is 6. The molecule has 0 amide bonds. The number of hydrogen-bond donors (Lipinski definition) is 3. The molecule has 0 saturated heterocycles. The monoisotopic (exact) mass is 499 g/mol. The molecule has 0 atom stereocenters. The number of halogens is 3. The second kappa shape index (κ2) is 10.1. The Hall–Kier alpha value is -3.26. The van der Waals surface area contributed by atoms with Gasteiger partial charge in [-0.3, -0.25) is 4.68 Å². The molecule has 1 aromatic carbocycles. The van der Waals surface area contributed by atoms with Crippen LogP contribution < -0.4 is 15.4 Å². The van der Waals surface area contributed by atoms with Crippen LogP contribution >= 0.6 is 12.2 Å². The molecule has 0 radical (unpaired) electrons. The second-order valence-electron chi connectivity index (χ2n) is 6.83. The Morgan fingerprint density at radius 2 is 1.82 bits per heavy atom. The summed E-state index contributed by atoms with van der Waals surface area (Å²) in [7, 11) is -3.84. The highest BCUT2D eigenvalue weighted by Crippen LogP contribution is 2.28. The van der Waals surface area contributed by atoms with Gasteiger partial charge in [-0.05, 0) is 62.0 Å². The van der Waals surface area contributed by atoms with Crippen molar-refractivity contribution in [2.24, 2.45) is 0 Å². The van der Waals surface area contributed by atoms with Gasteiger partial charge < -0.3 is 10.6 Å². The molecular formula is C19H20F3N7O2S2. The van der Waals surface area contributed by atoms with Gasteiger partial charge in [0.25, 0.3) is 10.0 Å². The molecule has 14 heteroatoms. The van der Waals surface area contributed by atoms with Gasteiger partial charge in [-0.15, -0.1) is 0 Å². The van der Waals surface area contributed by atoms with Crippen LogP contribution in [0.3, 0.4) is 0 Å². The first-order valence-electron chi connectivity index (χ1n) is 9.61. The summed E-state index contributed by atoms with van der Waals surface area (Å²) in [6, 6.07) is 8.45. The zero-order valence-electron chi connectivity index (χ0n) is 17.3. The molecule has 0 aliphatic rings. The van der Waals surface area contributed by atoms with Crippen LogP contribution in [-0.4, -0.2) is 39.8 Å². The van der Waals surface area contributed by atoms with Gasteiger partial charge in [0.1, 0.15) is 0 Å². The van der Waals surface area contributed by atoms with E-state index in [4.69, 9.17) is 12.2 Å². The van der Waals surface area contributed by atoms with Gasteiger partial charge in [0.2, 0.25) is 5.95 Å². The summed E-state index contributed by atoms with van der Waals surface area (Å²) < 4.78 is 66.5. The van der Waals surface area contributed by atoms with E-state index in [-0.39, 0.29) is 16.0 Å². The Morgan fingerprint density at radius 1 is 1.15 bits per heavy atom. The van der Waals surface area contributed by atoms with E-state index in [2.05, 4.69) is 30.4 Å². The van der Waals surface area contributed by atoms with E-state index in [9.17, 15) is 21.6 Å². The van der Waals surface area contributed by atoms with Gasteiger partial charge in [0.15, 0.2) is 10.8 Å². The summed E-state index contributed by atoms with van der Waals surface area (Å²) in [5.41, 5.74) is 0.0636. The number of thiocarbonyl (C=S) groups is 1. The van der Waals surface area contributed by atoms with Gasteiger partial charge in [-0.1, -0.05) is 0 Å². The Bertz CT molecular complexity index is 1200. The van der Waals surface area contributed by atoms with E-state index in [1.54, 1.807) is 25.1 Å². The highest BCUT2D eigenvalue weighted by Gasteiger charge is 2.34. The number of nitrogens with one attached hydrogen (secondary N) is 3. The van der Waals surface area contributed by atoms with Crippen LogP contribution in [0.5, 0.6) is 0 Å². The Morgan fingerprint density at radius 3 is 2.42 bits per heavy atom. The van der Waals surface area contributed by atoms with Gasteiger partial charge in [0.05, 0.1) is 4.90 Å². The fraction of sp³-hybridized carbons (Fsp3) is 0.263. The topological polar surface area (TPSA) is 114 Å². The quantitative estimate of drug-likeness (QED) is 0.320. The van der Waals surface area contributed by atoms with Crippen molar-refractivity contribution in [3.63, 3.8) is 0 Å². The molecule has 2 aromatic heterocycles. The number of aromatic nitrogens is 4. The molecule has 0 bridgehead atoms. The molecule has 0 aliphatic heterocycles. The van der Waals surface area contributed by atoms with Crippen molar-refractivity contribution < 1.29 is 21.6 Å². The molecule has 0 saturated carbocycles. The van der Waals surface area contributed by atoms with E-state index < -0.39 is 21.9 Å². The molecule has 2 heterocycles. The summed E-state index contributed by atoms with van der Waals surface area (Å²) in [5, 5.41) is 9.72. The van der Waals surface area contributed by atoms with Crippen LogP contribution in [-0.2, 0) is 22.7 Å². The smallest absolute Gasteiger partial charge is 0.362 e. The maximum absolute atomic E-state index is 12.7. The SMILES string of the molecule is Cc1cc(C(F)(F)F)nn1CCCNC(=S)Nc1ccc(S(=O)(=O)Nc2ncccn2)cc1. The fourth-order valence-electron chi connectivity index (χ4n) is 2.73. The third-order valence-corrected chi connectivity index (χ3v) is 5.91. The average molecular weight is 500 g/mol. The van der Waals surface area contributed by atoms with Crippen molar-refractivity contribution in [3.05, 3.63) is 60.2 Å². The zero-order valence-corrected chi connectivity index (χ0v) is 18.9. The lowest BCUT2D eigenvalue weighted by Gasteiger charge is -2.12. The number of aryl methyl sites for hydroxylation is 2. The number of sulfonamides is 1. The Kier molecular flexibility index (Phi) is 7.48. The van der Waals surface area contributed by atoms with E-state index in [0.717, 1.165) is 6.07 Å². The normalized spacial score (nSPS) is 11.8. The van der Waals surface area contributed by atoms with Crippen molar-refractivity contribution in [1.29, 1.82) is 0 Å². The lowest BCUT2D eigenvalue weighted by Crippen LogP contribution is -2.30. The lowest BCUT2D eigenvalue weighted by atomic mass is 10.3. The van der Waals surface area contributed by atoms with Crippen molar-refractivity contribution in [2.75, 3.05) is 16.6 Å². The van der Waals surface area contributed by atoms with Crippen LogP contribution in [0.15, 0.2) is 53.7 Å². The number of benzene rings is 1. The maximum atomic E-state index is 12.7. The lowest BCUT2D eigenvalue weighted by molar-refractivity contribution is -0.141. The van der Waals surface area contributed by atoms with Crippen molar-refractivity contribution in [1.82, 2.24) is 25.1 Å².